The first-order valence-electron chi connectivity index (χ1n) is 5.58. The van der Waals surface area contributed by atoms with Crippen LogP contribution in [-0.4, -0.2) is 51.2 Å². The molecule has 0 saturated carbocycles. The molecule has 0 atom stereocenters. The largest absolute Gasteiger partial charge is 0.394 e. The van der Waals surface area contributed by atoms with E-state index in [1.54, 1.807) is 24.7 Å². The fourth-order valence-electron chi connectivity index (χ4n) is 1.43. The Morgan fingerprint density at radius 3 is 2.94 bits per heavy atom. The summed E-state index contributed by atoms with van der Waals surface area (Å²) in [6.07, 6.45) is 1.63. The maximum Gasteiger partial charge on any atom is 0.273 e. The van der Waals surface area contributed by atoms with Crippen LogP contribution in [0.15, 0.2) is 6.20 Å². The van der Waals surface area contributed by atoms with Gasteiger partial charge in [0.2, 0.25) is 0 Å². The van der Waals surface area contributed by atoms with E-state index in [0.717, 1.165) is 13.1 Å². The van der Waals surface area contributed by atoms with Crippen LogP contribution >= 0.6 is 0 Å². The predicted molar refractivity (Wildman–Crippen MR) is 60.6 cm³/mol. The molecule has 0 bridgehead atoms. The highest BCUT2D eigenvalue weighted by Gasteiger charge is 2.24. The number of nitrogens with one attached hydrogen (secondary N) is 2. The van der Waals surface area contributed by atoms with E-state index in [1.807, 2.05) is 0 Å². The summed E-state index contributed by atoms with van der Waals surface area (Å²) in [6.45, 7) is 5.06. The maximum absolute atomic E-state index is 11.8. The number of rotatable bonds is 4. The maximum atomic E-state index is 11.8. The number of carbonyl (C=O) groups excluding carboxylic acids is 1. The predicted octanol–water partition coefficient (Wildman–Crippen LogP) is -1.08. The Morgan fingerprint density at radius 1 is 1.71 bits per heavy atom. The number of amides is 1. The number of nitrogens with zero attached hydrogens (tertiary/aromatic N) is 3. The van der Waals surface area contributed by atoms with Crippen molar-refractivity contribution >= 4 is 5.91 Å². The van der Waals surface area contributed by atoms with Gasteiger partial charge in [-0.25, -0.2) is 4.68 Å². The second-order valence-corrected chi connectivity index (χ2v) is 4.89. The van der Waals surface area contributed by atoms with Gasteiger partial charge in [0.15, 0.2) is 5.69 Å². The molecule has 1 fully saturated rings. The molecule has 94 valence electrons. The zero-order valence-electron chi connectivity index (χ0n) is 9.97. The summed E-state index contributed by atoms with van der Waals surface area (Å²) < 4.78 is 1.69. The van der Waals surface area contributed by atoms with Gasteiger partial charge in [-0.2, -0.15) is 0 Å². The Balaban J connectivity index is 2.01. The van der Waals surface area contributed by atoms with E-state index in [0.29, 0.717) is 0 Å². The van der Waals surface area contributed by atoms with Crippen molar-refractivity contribution in [2.45, 2.75) is 25.4 Å². The van der Waals surface area contributed by atoms with E-state index in [-0.39, 0.29) is 24.2 Å². The molecule has 1 saturated heterocycles. The zero-order valence-corrected chi connectivity index (χ0v) is 9.97. The van der Waals surface area contributed by atoms with Gasteiger partial charge in [0.05, 0.1) is 24.4 Å². The van der Waals surface area contributed by atoms with Gasteiger partial charge in [0.25, 0.3) is 5.91 Å². The molecule has 0 aromatic carbocycles. The van der Waals surface area contributed by atoms with Gasteiger partial charge in [-0.05, 0) is 13.8 Å². The molecule has 7 heteroatoms. The van der Waals surface area contributed by atoms with E-state index in [2.05, 4.69) is 20.9 Å². The molecule has 1 aromatic heterocycles. The lowest BCUT2D eigenvalue weighted by Gasteiger charge is -2.26. The van der Waals surface area contributed by atoms with Crippen molar-refractivity contribution in [3.8, 4) is 0 Å². The van der Waals surface area contributed by atoms with Crippen LogP contribution in [0.3, 0.4) is 0 Å². The molecule has 0 radical (unpaired) electrons. The second-order valence-electron chi connectivity index (χ2n) is 4.89. The first kappa shape index (κ1) is 12.0. The van der Waals surface area contributed by atoms with Gasteiger partial charge in [-0.3, -0.25) is 4.79 Å². The second kappa shape index (κ2) is 4.42. The molecule has 7 nitrogen and oxygen atoms in total. The smallest absolute Gasteiger partial charge is 0.273 e. The third-order valence-electron chi connectivity index (χ3n) is 2.72. The first-order chi connectivity index (χ1) is 8.02. The Labute approximate surface area is 99.2 Å². The third-order valence-corrected chi connectivity index (χ3v) is 2.72. The molecule has 2 rings (SSSR count). The topological polar surface area (TPSA) is 92.1 Å². The van der Waals surface area contributed by atoms with E-state index in [9.17, 15) is 4.79 Å². The molecule has 1 aromatic rings. The van der Waals surface area contributed by atoms with Crippen molar-refractivity contribution < 1.29 is 9.90 Å². The Morgan fingerprint density at radius 2 is 2.41 bits per heavy atom. The SMILES string of the molecule is CC(C)(CO)NC(=O)c1cn(C2CNC2)nn1. The molecular formula is C10H17N5O2. The van der Waals surface area contributed by atoms with Crippen LogP contribution in [0.1, 0.15) is 30.4 Å². The van der Waals surface area contributed by atoms with Crippen molar-refractivity contribution in [1.82, 2.24) is 25.6 Å². The number of aliphatic hydroxyl groups excluding tert-OH is 1. The van der Waals surface area contributed by atoms with E-state index < -0.39 is 5.54 Å². The number of carbonyl (C=O) groups is 1. The van der Waals surface area contributed by atoms with Crippen LogP contribution in [0.4, 0.5) is 0 Å². The van der Waals surface area contributed by atoms with Crippen LogP contribution < -0.4 is 10.6 Å². The van der Waals surface area contributed by atoms with E-state index >= 15 is 0 Å². The highest BCUT2D eigenvalue weighted by molar-refractivity contribution is 5.92. The molecule has 17 heavy (non-hydrogen) atoms. The fraction of sp³-hybridized carbons (Fsp3) is 0.700. The van der Waals surface area contributed by atoms with Crippen molar-refractivity contribution in [3.63, 3.8) is 0 Å². The van der Waals surface area contributed by atoms with Crippen LogP contribution in [0, 0.1) is 0 Å². The number of hydrogen-bond acceptors (Lipinski definition) is 5. The summed E-state index contributed by atoms with van der Waals surface area (Å²) in [5.41, 5.74) is -0.378. The van der Waals surface area contributed by atoms with Gasteiger partial charge in [0.1, 0.15) is 0 Å². The molecule has 0 aliphatic carbocycles. The molecule has 1 aliphatic rings. The van der Waals surface area contributed by atoms with Crippen molar-refractivity contribution in [1.29, 1.82) is 0 Å². The summed E-state index contributed by atoms with van der Waals surface area (Å²) in [5.74, 6) is -0.317. The summed E-state index contributed by atoms with van der Waals surface area (Å²) >= 11 is 0. The highest BCUT2D eigenvalue weighted by atomic mass is 16.3. The Bertz CT molecular complexity index is 411. The lowest BCUT2D eigenvalue weighted by molar-refractivity contribution is 0.0864. The zero-order chi connectivity index (χ0) is 12.5. The van der Waals surface area contributed by atoms with Gasteiger partial charge in [-0.1, -0.05) is 5.21 Å². The van der Waals surface area contributed by atoms with Crippen molar-refractivity contribution in [2.75, 3.05) is 19.7 Å². The highest BCUT2D eigenvalue weighted by Crippen LogP contribution is 2.10. The fourth-order valence-corrected chi connectivity index (χ4v) is 1.43. The molecule has 0 spiro atoms. The lowest BCUT2D eigenvalue weighted by atomic mass is 10.1. The average Bonchev–Trinajstić information content (AvgIpc) is 2.64. The molecule has 2 heterocycles. The molecular weight excluding hydrogens is 222 g/mol. The van der Waals surface area contributed by atoms with Crippen molar-refractivity contribution in [2.24, 2.45) is 0 Å². The summed E-state index contributed by atoms with van der Waals surface area (Å²) in [4.78, 5) is 11.8. The van der Waals surface area contributed by atoms with Gasteiger partial charge in [-0.15, -0.1) is 5.10 Å². The van der Waals surface area contributed by atoms with E-state index in [1.165, 1.54) is 0 Å². The number of hydrogen-bond donors (Lipinski definition) is 3. The summed E-state index contributed by atoms with van der Waals surface area (Å²) in [6, 6.07) is 0.287. The lowest BCUT2D eigenvalue weighted by Crippen LogP contribution is -2.46. The Hall–Kier alpha value is -1.47. The monoisotopic (exact) mass is 239 g/mol. The molecule has 1 amide bonds. The van der Waals surface area contributed by atoms with Crippen LogP contribution in [0.5, 0.6) is 0 Å². The minimum Gasteiger partial charge on any atom is -0.394 e. The minimum absolute atomic E-state index is 0.126. The van der Waals surface area contributed by atoms with E-state index in [4.69, 9.17) is 5.11 Å². The van der Waals surface area contributed by atoms with Crippen LogP contribution in [-0.2, 0) is 0 Å². The van der Waals surface area contributed by atoms with Gasteiger partial charge >= 0.3 is 0 Å². The quantitative estimate of drug-likeness (QED) is 0.622. The number of aromatic nitrogens is 3. The molecule has 3 N–H and O–H groups in total. The van der Waals surface area contributed by atoms with Gasteiger partial charge in [0, 0.05) is 13.1 Å². The third kappa shape index (κ3) is 2.62. The Kier molecular flexibility index (Phi) is 3.12. The van der Waals surface area contributed by atoms with Crippen LogP contribution in [0.25, 0.3) is 0 Å². The number of aliphatic hydroxyl groups is 1. The molecule has 1 aliphatic heterocycles. The van der Waals surface area contributed by atoms with Gasteiger partial charge < -0.3 is 15.7 Å². The standard InChI is InChI=1S/C10H17N5O2/c1-10(2,6-16)12-9(17)8-5-15(14-13-8)7-3-11-4-7/h5,7,11,16H,3-4,6H2,1-2H3,(H,12,17). The van der Waals surface area contributed by atoms with Crippen LogP contribution in [0.2, 0.25) is 0 Å². The average molecular weight is 239 g/mol. The normalized spacial score (nSPS) is 16.6. The molecule has 0 unspecified atom stereocenters. The first-order valence-corrected chi connectivity index (χ1v) is 5.58. The minimum atomic E-state index is -0.654. The summed E-state index contributed by atoms with van der Waals surface area (Å²) in [5, 5.41) is 22.6. The summed E-state index contributed by atoms with van der Waals surface area (Å²) in [7, 11) is 0. The van der Waals surface area contributed by atoms with Crippen molar-refractivity contribution in [3.05, 3.63) is 11.9 Å².